The van der Waals surface area contributed by atoms with Crippen molar-refractivity contribution in [3.05, 3.63) is 12.3 Å². The Morgan fingerprint density at radius 1 is 1.62 bits per heavy atom. The summed E-state index contributed by atoms with van der Waals surface area (Å²) in [4.78, 5) is 9.53. The Kier molecular flexibility index (Phi) is 3.94. The van der Waals surface area contributed by atoms with Gasteiger partial charge in [0, 0.05) is 18.3 Å². The van der Waals surface area contributed by atoms with E-state index >= 15 is 0 Å². The van der Waals surface area contributed by atoms with E-state index in [-0.39, 0.29) is 0 Å². The zero-order chi connectivity index (χ0) is 6.41. The SMILES string of the molecule is CC(C)NC=C[C]=O. The highest BCUT2D eigenvalue weighted by molar-refractivity contribution is 5.65. The average Bonchev–Trinajstić information content (AvgIpc) is 1.66. The Morgan fingerprint density at radius 3 is 2.62 bits per heavy atom. The Bertz CT molecular complexity index is 86.5. The molecule has 0 aliphatic carbocycles. The van der Waals surface area contributed by atoms with Crippen LogP contribution in [0.5, 0.6) is 0 Å². The minimum Gasteiger partial charge on any atom is -0.389 e. The normalized spacial score (nSPS) is 10.4. The van der Waals surface area contributed by atoms with Crippen LogP contribution in [0.2, 0.25) is 0 Å². The van der Waals surface area contributed by atoms with Crippen molar-refractivity contribution < 1.29 is 4.79 Å². The zero-order valence-electron chi connectivity index (χ0n) is 5.14. The van der Waals surface area contributed by atoms with E-state index < -0.39 is 0 Å². The van der Waals surface area contributed by atoms with E-state index in [1.807, 2.05) is 13.8 Å². The van der Waals surface area contributed by atoms with Gasteiger partial charge in [-0.05, 0) is 13.8 Å². The fourth-order valence-corrected chi connectivity index (χ4v) is 0.275. The Hall–Kier alpha value is -0.790. The third-order valence-electron chi connectivity index (χ3n) is 0.581. The summed E-state index contributed by atoms with van der Waals surface area (Å²) >= 11 is 0. The summed E-state index contributed by atoms with van der Waals surface area (Å²) in [6, 6.07) is 0.389. The molecular formula is C6H10NO. The predicted molar refractivity (Wildman–Crippen MR) is 33.1 cm³/mol. The molecule has 2 nitrogen and oxygen atoms in total. The first-order chi connectivity index (χ1) is 3.77. The maximum absolute atomic E-state index is 9.53. The summed E-state index contributed by atoms with van der Waals surface area (Å²) in [6.45, 7) is 3.99. The predicted octanol–water partition coefficient (Wildman–Crippen LogP) is 0.608. The van der Waals surface area contributed by atoms with Crippen molar-refractivity contribution in [1.29, 1.82) is 0 Å². The molecule has 0 aliphatic rings. The largest absolute Gasteiger partial charge is 0.389 e. The van der Waals surface area contributed by atoms with Gasteiger partial charge in [-0.3, -0.25) is 4.79 Å². The van der Waals surface area contributed by atoms with Crippen LogP contribution in [0.4, 0.5) is 0 Å². The third-order valence-corrected chi connectivity index (χ3v) is 0.581. The van der Waals surface area contributed by atoms with E-state index in [9.17, 15) is 4.79 Å². The molecular weight excluding hydrogens is 102 g/mol. The van der Waals surface area contributed by atoms with E-state index in [4.69, 9.17) is 0 Å². The summed E-state index contributed by atoms with van der Waals surface area (Å²) < 4.78 is 0. The molecule has 0 saturated carbocycles. The summed E-state index contributed by atoms with van der Waals surface area (Å²) in [6.07, 6.45) is 4.52. The van der Waals surface area contributed by atoms with E-state index in [1.165, 1.54) is 6.08 Å². The van der Waals surface area contributed by atoms with Crippen LogP contribution in [0.3, 0.4) is 0 Å². The molecule has 0 spiro atoms. The molecule has 0 amide bonds. The van der Waals surface area contributed by atoms with Gasteiger partial charge in [0.2, 0.25) is 6.29 Å². The van der Waals surface area contributed by atoms with Crippen LogP contribution in [0.25, 0.3) is 0 Å². The average molecular weight is 112 g/mol. The van der Waals surface area contributed by atoms with Gasteiger partial charge in [0.25, 0.3) is 0 Å². The molecule has 1 N–H and O–H groups in total. The standard InChI is InChI=1S/C6H10NO/c1-6(2)7-4-3-5-8/h3-4,6-7H,1-2H3. The van der Waals surface area contributed by atoms with E-state index in [2.05, 4.69) is 5.32 Å². The van der Waals surface area contributed by atoms with Crippen molar-refractivity contribution in [3.63, 3.8) is 0 Å². The van der Waals surface area contributed by atoms with Gasteiger partial charge in [0.1, 0.15) is 0 Å². The third kappa shape index (κ3) is 5.21. The van der Waals surface area contributed by atoms with Crippen LogP contribution in [0.1, 0.15) is 13.8 Å². The van der Waals surface area contributed by atoms with Gasteiger partial charge in [0.05, 0.1) is 0 Å². The molecule has 8 heavy (non-hydrogen) atoms. The lowest BCUT2D eigenvalue weighted by Crippen LogP contribution is -2.14. The lowest BCUT2D eigenvalue weighted by molar-refractivity contribution is 0.564. The maximum Gasteiger partial charge on any atom is 0.227 e. The number of nitrogens with one attached hydrogen (secondary N) is 1. The highest BCUT2D eigenvalue weighted by Crippen LogP contribution is 1.73. The van der Waals surface area contributed by atoms with E-state index in [0.717, 1.165) is 0 Å². The number of rotatable bonds is 3. The second-order valence-corrected chi connectivity index (χ2v) is 1.77. The monoisotopic (exact) mass is 112 g/mol. The van der Waals surface area contributed by atoms with Gasteiger partial charge in [-0.25, -0.2) is 0 Å². The molecule has 0 rings (SSSR count). The Balaban J connectivity index is 3.15. The van der Waals surface area contributed by atoms with Crippen LogP contribution >= 0.6 is 0 Å². The fourth-order valence-electron chi connectivity index (χ4n) is 0.275. The molecule has 2 heteroatoms. The molecule has 1 radical (unpaired) electrons. The topological polar surface area (TPSA) is 29.1 Å². The van der Waals surface area contributed by atoms with Gasteiger partial charge >= 0.3 is 0 Å². The van der Waals surface area contributed by atoms with Crippen molar-refractivity contribution in [2.45, 2.75) is 19.9 Å². The molecule has 0 saturated heterocycles. The van der Waals surface area contributed by atoms with Gasteiger partial charge in [0.15, 0.2) is 0 Å². The number of allylic oxidation sites excluding steroid dienone is 1. The van der Waals surface area contributed by atoms with Crippen LogP contribution in [-0.2, 0) is 4.79 Å². The lowest BCUT2D eigenvalue weighted by atomic mass is 10.4. The summed E-state index contributed by atoms with van der Waals surface area (Å²) in [7, 11) is 0. The minimum atomic E-state index is 0.389. The first kappa shape index (κ1) is 7.21. The summed E-state index contributed by atoms with van der Waals surface area (Å²) in [5, 5.41) is 2.90. The Morgan fingerprint density at radius 2 is 2.25 bits per heavy atom. The van der Waals surface area contributed by atoms with E-state index in [1.54, 1.807) is 12.5 Å². The van der Waals surface area contributed by atoms with Crippen molar-refractivity contribution >= 4 is 6.29 Å². The summed E-state index contributed by atoms with van der Waals surface area (Å²) in [5.41, 5.74) is 0. The summed E-state index contributed by atoms with van der Waals surface area (Å²) in [5.74, 6) is 0. The van der Waals surface area contributed by atoms with Gasteiger partial charge in [-0.15, -0.1) is 0 Å². The maximum atomic E-state index is 9.53. The second kappa shape index (κ2) is 4.37. The molecule has 0 heterocycles. The number of hydrogen-bond acceptors (Lipinski definition) is 2. The molecule has 0 aromatic rings. The van der Waals surface area contributed by atoms with Crippen molar-refractivity contribution in [3.8, 4) is 0 Å². The molecule has 0 aromatic heterocycles. The molecule has 0 aromatic carbocycles. The quantitative estimate of drug-likeness (QED) is 0.542. The molecule has 0 unspecified atom stereocenters. The van der Waals surface area contributed by atoms with E-state index in [0.29, 0.717) is 6.04 Å². The first-order valence-electron chi connectivity index (χ1n) is 2.56. The van der Waals surface area contributed by atoms with Gasteiger partial charge in [-0.2, -0.15) is 0 Å². The minimum absolute atomic E-state index is 0.389. The lowest BCUT2D eigenvalue weighted by Gasteiger charge is -2.00. The van der Waals surface area contributed by atoms with Crippen LogP contribution in [0, 0.1) is 0 Å². The van der Waals surface area contributed by atoms with Crippen molar-refractivity contribution in [1.82, 2.24) is 5.32 Å². The first-order valence-corrected chi connectivity index (χ1v) is 2.56. The van der Waals surface area contributed by atoms with Crippen LogP contribution < -0.4 is 5.32 Å². The Labute approximate surface area is 49.6 Å². The van der Waals surface area contributed by atoms with Crippen LogP contribution in [-0.4, -0.2) is 12.3 Å². The molecule has 0 fully saturated rings. The van der Waals surface area contributed by atoms with Crippen molar-refractivity contribution in [2.75, 3.05) is 0 Å². The van der Waals surface area contributed by atoms with Gasteiger partial charge < -0.3 is 5.32 Å². The fraction of sp³-hybridized carbons (Fsp3) is 0.500. The number of hydrogen-bond donors (Lipinski definition) is 1. The number of carbonyl (C=O) groups excluding carboxylic acids is 1. The highest BCUT2D eigenvalue weighted by atomic mass is 16.1. The smallest absolute Gasteiger partial charge is 0.227 e. The molecule has 0 bridgehead atoms. The second-order valence-electron chi connectivity index (χ2n) is 1.77. The van der Waals surface area contributed by atoms with Crippen LogP contribution in [0.15, 0.2) is 12.3 Å². The highest BCUT2D eigenvalue weighted by Gasteiger charge is 1.80. The zero-order valence-corrected chi connectivity index (χ0v) is 5.14. The van der Waals surface area contributed by atoms with Crippen molar-refractivity contribution in [2.24, 2.45) is 0 Å². The van der Waals surface area contributed by atoms with Gasteiger partial charge in [-0.1, -0.05) is 0 Å². The molecule has 0 atom stereocenters. The molecule has 0 aliphatic heterocycles. The molecule has 45 valence electrons.